The van der Waals surface area contributed by atoms with Gasteiger partial charge in [0.1, 0.15) is 5.75 Å². The topological polar surface area (TPSA) is 63.2 Å². The van der Waals surface area contributed by atoms with Crippen molar-refractivity contribution in [2.24, 2.45) is 0 Å². The fourth-order valence-corrected chi connectivity index (χ4v) is 2.93. The summed E-state index contributed by atoms with van der Waals surface area (Å²) in [7, 11) is 1.64. The number of carbonyl (C=O) groups is 2. The molecule has 2 N–H and O–H groups in total. The van der Waals surface area contributed by atoms with Gasteiger partial charge in [0.2, 0.25) is 5.91 Å². The van der Waals surface area contributed by atoms with Crippen LogP contribution in [0.5, 0.6) is 5.75 Å². The number of methoxy groups -OCH3 is 1. The number of carbonyl (C=O) groups excluding carboxylic acids is 2. The highest BCUT2D eigenvalue weighted by molar-refractivity contribution is 6.21. The Labute approximate surface area is 141 Å². The van der Waals surface area contributed by atoms with Crippen LogP contribution in [0.1, 0.15) is 12.0 Å². The Hall–Kier alpha value is -2.66. The zero-order valence-corrected chi connectivity index (χ0v) is 13.6. The average molecular weight is 325 g/mol. The number of imide groups is 1. The Morgan fingerprint density at radius 2 is 1.79 bits per heavy atom. The van der Waals surface area contributed by atoms with Crippen LogP contribution < -0.4 is 15.0 Å². The molecule has 0 aromatic heterocycles. The Balaban J connectivity index is 1.56. The maximum atomic E-state index is 12.5. The molecule has 2 aromatic rings. The molecule has 1 fully saturated rings. The number of hydrogen-bond donors (Lipinski definition) is 1. The van der Waals surface area contributed by atoms with E-state index in [4.69, 9.17) is 4.74 Å². The van der Waals surface area contributed by atoms with Crippen molar-refractivity contribution < 1.29 is 19.6 Å². The van der Waals surface area contributed by atoms with Gasteiger partial charge in [-0.15, -0.1) is 0 Å². The second-order valence-electron chi connectivity index (χ2n) is 5.84. The molecule has 2 aromatic carbocycles. The molecule has 2 amide bonds. The standard InChI is InChI=1S/C19H20N2O3/c1-24-16-9-7-14(8-10-16)11-12-20-17-13-18(22)21(19(17)23)15-5-3-2-4-6-15/h2-10,17,20H,11-13H2,1H3/p+1/t17-/m1/s1. The SMILES string of the molecule is COc1ccc(CC[NH2+][C@@H]2CC(=O)N(c3ccccc3)C2=O)cc1. The second-order valence-corrected chi connectivity index (χ2v) is 5.84. The summed E-state index contributed by atoms with van der Waals surface area (Å²) >= 11 is 0. The van der Waals surface area contributed by atoms with Crippen LogP contribution in [0, 0.1) is 0 Å². The highest BCUT2D eigenvalue weighted by Gasteiger charge is 2.41. The zero-order chi connectivity index (χ0) is 16.9. The number of benzene rings is 2. The van der Waals surface area contributed by atoms with Crippen molar-refractivity contribution >= 4 is 17.5 Å². The molecule has 0 bridgehead atoms. The van der Waals surface area contributed by atoms with Crippen molar-refractivity contribution in [2.75, 3.05) is 18.6 Å². The van der Waals surface area contributed by atoms with Crippen molar-refractivity contribution in [1.29, 1.82) is 0 Å². The average Bonchev–Trinajstić information content (AvgIpc) is 2.90. The molecule has 0 saturated carbocycles. The predicted octanol–water partition coefficient (Wildman–Crippen LogP) is 1.13. The third kappa shape index (κ3) is 3.46. The number of nitrogens with two attached hydrogens (primary N) is 1. The fraction of sp³-hybridized carbons (Fsp3) is 0.263. The first-order valence-corrected chi connectivity index (χ1v) is 8.07. The third-order valence-corrected chi connectivity index (χ3v) is 4.24. The molecular formula is C19H21N2O3+. The zero-order valence-electron chi connectivity index (χ0n) is 13.6. The van der Waals surface area contributed by atoms with E-state index in [1.165, 1.54) is 10.5 Å². The number of amides is 2. The van der Waals surface area contributed by atoms with Gasteiger partial charge in [0.25, 0.3) is 5.91 Å². The molecule has 5 heteroatoms. The van der Waals surface area contributed by atoms with Crippen LogP contribution in [0.2, 0.25) is 0 Å². The van der Waals surface area contributed by atoms with Crippen LogP contribution in [0.3, 0.4) is 0 Å². The van der Waals surface area contributed by atoms with E-state index in [9.17, 15) is 9.59 Å². The number of hydrogen-bond acceptors (Lipinski definition) is 3. The van der Waals surface area contributed by atoms with Gasteiger partial charge >= 0.3 is 0 Å². The summed E-state index contributed by atoms with van der Waals surface area (Å²) in [5.41, 5.74) is 1.84. The molecule has 1 atom stereocenters. The van der Waals surface area contributed by atoms with Gasteiger partial charge in [0.05, 0.1) is 25.8 Å². The summed E-state index contributed by atoms with van der Waals surface area (Å²) in [6.07, 6.45) is 1.10. The minimum atomic E-state index is -0.323. The monoisotopic (exact) mass is 325 g/mol. The Kier molecular flexibility index (Phi) is 4.91. The van der Waals surface area contributed by atoms with Gasteiger partial charge in [-0.05, 0) is 29.8 Å². The summed E-state index contributed by atoms with van der Waals surface area (Å²) in [5, 5.41) is 1.97. The van der Waals surface area contributed by atoms with Gasteiger partial charge in [-0.2, -0.15) is 0 Å². The van der Waals surface area contributed by atoms with Crippen molar-refractivity contribution in [3.63, 3.8) is 0 Å². The maximum Gasteiger partial charge on any atom is 0.292 e. The summed E-state index contributed by atoms with van der Waals surface area (Å²) in [4.78, 5) is 26.0. The van der Waals surface area contributed by atoms with Gasteiger partial charge in [0, 0.05) is 6.42 Å². The molecule has 0 aliphatic carbocycles. The summed E-state index contributed by atoms with van der Waals surface area (Å²) in [6.45, 7) is 0.763. The van der Waals surface area contributed by atoms with Gasteiger partial charge in [-0.25, -0.2) is 4.90 Å². The van der Waals surface area contributed by atoms with E-state index in [1.807, 2.05) is 47.8 Å². The molecular weight excluding hydrogens is 304 g/mol. The summed E-state index contributed by atoms with van der Waals surface area (Å²) in [6, 6.07) is 16.7. The van der Waals surface area contributed by atoms with Crippen molar-refractivity contribution in [3.05, 3.63) is 60.2 Å². The van der Waals surface area contributed by atoms with Gasteiger partial charge in [0.15, 0.2) is 6.04 Å². The Morgan fingerprint density at radius 3 is 2.46 bits per heavy atom. The van der Waals surface area contributed by atoms with Gasteiger partial charge in [-0.1, -0.05) is 30.3 Å². The maximum absolute atomic E-state index is 12.5. The lowest BCUT2D eigenvalue weighted by molar-refractivity contribution is -0.674. The number of anilines is 1. The van der Waals surface area contributed by atoms with Crippen molar-refractivity contribution in [3.8, 4) is 5.75 Å². The highest BCUT2D eigenvalue weighted by atomic mass is 16.5. The van der Waals surface area contributed by atoms with Crippen LogP contribution in [0.25, 0.3) is 0 Å². The molecule has 3 rings (SSSR count). The lowest BCUT2D eigenvalue weighted by atomic mass is 10.1. The molecule has 5 nitrogen and oxygen atoms in total. The minimum absolute atomic E-state index is 0.124. The number of ether oxygens (including phenoxy) is 1. The number of para-hydroxylation sites is 1. The van der Waals surface area contributed by atoms with Crippen LogP contribution in [-0.2, 0) is 16.0 Å². The highest BCUT2D eigenvalue weighted by Crippen LogP contribution is 2.20. The first-order valence-electron chi connectivity index (χ1n) is 8.07. The van der Waals surface area contributed by atoms with E-state index in [2.05, 4.69) is 0 Å². The lowest BCUT2D eigenvalue weighted by Crippen LogP contribution is -2.92. The normalized spacial score (nSPS) is 17.4. The van der Waals surface area contributed by atoms with Crippen molar-refractivity contribution in [1.82, 2.24) is 0 Å². The Bertz CT molecular complexity index is 713. The molecule has 1 heterocycles. The predicted molar refractivity (Wildman–Crippen MR) is 90.8 cm³/mol. The van der Waals surface area contributed by atoms with E-state index in [1.54, 1.807) is 19.2 Å². The molecule has 1 aliphatic heterocycles. The molecule has 0 unspecified atom stereocenters. The van der Waals surface area contributed by atoms with Crippen molar-refractivity contribution in [2.45, 2.75) is 18.9 Å². The van der Waals surface area contributed by atoms with Crippen LogP contribution in [-0.4, -0.2) is 31.5 Å². The van der Waals surface area contributed by atoms with Crippen LogP contribution in [0.15, 0.2) is 54.6 Å². The van der Waals surface area contributed by atoms with Gasteiger partial charge < -0.3 is 10.1 Å². The molecule has 0 radical (unpaired) electrons. The van der Waals surface area contributed by atoms with E-state index >= 15 is 0 Å². The molecule has 1 saturated heterocycles. The number of nitrogens with zero attached hydrogens (tertiary/aromatic N) is 1. The Morgan fingerprint density at radius 1 is 1.08 bits per heavy atom. The van der Waals surface area contributed by atoms with E-state index in [0.29, 0.717) is 5.69 Å². The summed E-state index contributed by atoms with van der Waals surface area (Å²) < 4.78 is 5.14. The molecule has 0 spiro atoms. The minimum Gasteiger partial charge on any atom is -0.497 e. The smallest absolute Gasteiger partial charge is 0.292 e. The lowest BCUT2D eigenvalue weighted by Gasteiger charge is -2.13. The van der Waals surface area contributed by atoms with Gasteiger partial charge in [-0.3, -0.25) is 9.59 Å². The number of rotatable bonds is 6. The molecule has 124 valence electrons. The number of quaternary nitrogens is 1. The second kappa shape index (κ2) is 7.27. The summed E-state index contributed by atoms with van der Waals surface area (Å²) in [5.74, 6) is 0.579. The van der Waals surface area contributed by atoms with E-state index < -0.39 is 0 Å². The largest absolute Gasteiger partial charge is 0.497 e. The van der Waals surface area contributed by atoms with E-state index in [0.717, 1.165) is 18.7 Å². The molecule has 24 heavy (non-hydrogen) atoms. The fourth-order valence-electron chi connectivity index (χ4n) is 2.93. The quantitative estimate of drug-likeness (QED) is 0.810. The first kappa shape index (κ1) is 16.2. The van der Waals surface area contributed by atoms with Crippen LogP contribution >= 0.6 is 0 Å². The third-order valence-electron chi connectivity index (χ3n) is 4.24. The molecule has 1 aliphatic rings. The first-order chi connectivity index (χ1) is 11.7. The van der Waals surface area contributed by atoms with Crippen LogP contribution in [0.4, 0.5) is 5.69 Å². The van der Waals surface area contributed by atoms with E-state index in [-0.39, 0.29) is 24.3 Å².